The molecule has 0 spiro atoms. The molecule has 0 fully saturated rings. The highest BCUT2D eigenvalue weighted by Crippen LogP contribution is 2.22. The van der Waals surface area contributed by atoms with Gasteiger partial charge >= 0.3 is 0 Å². The summed E-state index contributed by atoms with van der Waals surface area (Å²) in [6.07, 6.45) is -2.90. The first-order valence-electron chi connectivity index (χ1n) is 4.08. The molecule has 14 heavy (non-hydrogen) atoms. The van der Waals surface area contributed by atoms with Crippen molar-refractivity contribution >= 4 is 0 Å². The Hall–Kier alpha value is -1.44. The van der Waals surface area contributed by atoms with Crippen LogP contribution in [-0.2, 0) is 0 Å². The Kier molecular flexibility index (Phi) is 3.18. The average Bonchev–Trinajstić information content (AvgIpc) is 2.20. The molecule has 4 heteroatoms. The Balaban J connectivity index is 3.08. The van der Waals surface area contributed by atoms with E-state index in [9.17, 15) is 9.50 Å². The predicted octanol–water partition coefficient (Wildman–Crippen LogP) is 1.05. The molecule has 1 aromatic rings. The molecule has 2 N–H and O–H groups in total. The fraction of sp³-hybridized carbons (Fsp3) is 0.300. The lowest BCUT2D eigenvalue weighted by atomic mass is 10.00. The first-order valence-corrected chi connectivity index (χ1v) is 4.08. The molecule has 0 saturated heterocycles. The lowest BCUT2D eigenvalue weighted by Gasteiger charge is -2.14. The van der Waals surface area contributed by atoms with E-state index in [0.717, 1.165) is 0 Å². The van der Waals surface area contributed by atoms with Crippen LogP contribution in [0.1, 0.15) is 17.2 Å². The van der Waals surface area contributed by atoms with Crippen molar-refractivity contribution in [2.24, 2.45) is 0 Å². The summed E-state index contributed by atoms with van der Waals surface area (Å²) in [7, 11) is 0. The Labute approximate surface area is 81.0 Å². The molecular formula is C10H10FNO2. The molecule has 3 nitrogen and oxygen atoms in total. The van der Waals surface area contributed by atoms with Crippen LogP contribution in [0.4, 0.5) is 4.39 Å². The van der Waals surface area contributed by atoms with Gasteiger partial charge in [0.25, 0.3) is 0 Å². The average molecular weight is 195 g/mol. The summed E-state index contributed by atoms with van der Waals surface area (Å²) in [5.74, 6) is -0.466. The minimum Gasteiger partial charge on any atom is -0.385 e. The van der Waals surface area contributed by atoms with Gasteiger partial charge in [0.2, 0.25) is 0 Å². The normalized spacial score (nSPS) is 14.5. The number of nitrogens with zero attached hydrogens (tertiary/aromatic N) is 1. The molecule has 1 rings (SSSR count). The van der Waals surface area contributed by atoms with E-state index in [1.165, 1.54) is 31.2 Å². The van der Waals surface area contributed by atoms with Crippen molar-refractivity contribution in [1.82, 2.24) is 0 Å². The molecule has 0 saturated carbocycles. The number of halogens is 1. The van der Waals surface area contributed by atoms with Gasteiger partial charge in [-0.05, 0) is 24.1 Å². The highest BCUT2D eigenvalue weighted by molar-refractivity contribution is 5.30. The fourth-order valence-corrected chi connectivity index (χ4v) is 1.19. The summed E-state index contributed by atoms with van der Waals surface area (Å²) >= 11 is 0. The van der Waals surface area contributed by atoms with Crippen LogP contribution in [-0.4, -0.2) is 16.3 Å². The molecule has 0 bridgehead atoms. The van der Waals surface area contributed by atoms with Crippen molar-refractivity contribution in [2.45, 2.75) is 19.1 Å². The first kappa shape index (κ1) is 10.6. The lowest BCUT2D eigenvalue weighted by Crippen LogP contribution is -2.17. The van der Waals surface area contributed by atoms with Crippen LogP contribution in [0.15, 0.2) is 18.2 Å². The second-order valence-electron chi connectivity index (χ2n) is 2.97. The number of benzene rings is 1. The third-order valence-corrected chi connectivity index (χ3v) is 2.06. The molecule has 0 aliphatic rings. The minimum absolute atomic E-state index is 0.235. The van der Waals surface area contributed by atoms with Crippen molar-refractivity contribution in [3.63, 3.8) is 0 Å². The van der Waals surface area contributed by atoms with Gasteiger partial charge in [-0.1, -0.05) is 12.1 Å². The molecule has 0 heterocycles. The first-order chi connectivity index (χ1) is 6.57. The van der Waals surface area contributed by atoms with Gasteiger partial charge in [-0.3, -0.25) is 0 Å². The van der Waals surface area contributed by atoms with Gasteiger partial charge in [-0.25, -0.2) is 4.39 Å². The van der Waals surface area contributed by atoms with E-state index in [0.29, 0.717) is 0 Å². The van der Waals surface area contributed by atoms with E-state index in [4.69, 9.17) is 10.4 Å². The number of hydrogen-bond donors (Lipinski definition) is 2. The highest BCUT2D eigenvalue weighted by atomic mass is 19.1. The van der Waals surface area contributed by atoms with Crippen LogP contribution in [0, 0.1) is 24.1 Å². The fourth-order valence-electron chi connectivity index (χ4n) is 1.19. The smallest absolute Gasteiger partial charge is 0.170 e. The van der Waals surface area contributed by atoms with E-state index in [1.807, 2.05) is 0 Å². The van der Waals surface area contributed by atoms with Crippen molar-refractivity contribution in [1.29, 1.82) is 5.26 Å². The van der Waals surface area contributed by atoms with E-state index in [2.05, 4.69) is 0 Å². The van der Waals surface area contributed by atoms with E-state index in [1.54, 1.807) is 0 Å². The van der Waals surface area contributed by atoms with Crippen LogP contribution in [0.5, 0.6) is 0 Å². The van der Waals surface area contributed by atoms with Crippen LogP contribution in [0.3, 0.4) is 0 Å². The standard InChI is InChI=1S/C10H10FNO2/c1-6-7(3-2-4-8(6)11)10(14)9(13)5-12/h2-4,9-10,13-14H,1H3. The zero-order valence-electron chi connectivity index (χ0n) is 7.61. The maximum Gasteiger partial charge on any atom is 0.170 e. The monoisotopic (exact) mass is 195 g/mol. The molecule has 74 valence electrons. The third kappa shape index (κ3) is 1.90. The van der Waals surface area contributed by atoms with Gasteiger partial charge in [-0.2, -0.15) is 5.26 Å². The molecular weight excluding hydrogens is 185 g/mol. The van der Waals surface area contributed by atoms with Crippen molar-refractivity contribution in [3.8, 4) is 6.07 Å². The molecule has 0 aromatic heterocycles. The maximum absolute atomic E-state index is 13.0. The van der Waals surface area contributed by atoms with Crippen molar-refractivity contribution in [2.75, 3.05) is 0 Å². The molecule has 2 unspecified atom stereocenters. The molecule has 2 atom stereocenters. The lowest BCUT2D eigenvalue weighted by molar-refractivity contribution is 0.0521. The van der Waals surface area contributed by atoms with Crippen LogP contribution < -0.4 is 0 Å². The van der Waals surface area contributed by atoms with Crippen LogP contribution in [0.2, 0.25) is 0 Å². The molecule has 0 aliphatic carbocycles. The summed E-state index contributed by atoms with van der Waals surface area (Å²) in [5, 5.41) is 26.9. The Morgan fingerprint density at radius 2 is 2.07 bits per heavy atom. The SMILES string of the molecule is Cc1c(F)cccc1C(O)C(O)C#N. The number of rotatable bonds is 2. The maximum atomic E-state index is 13.0. The number of aliphatic hydroxyl groups is 2. The number of hydrogen-bond acceptors (Lipinski definition) is 3. The summed E-state index contributed by atoms with van der Waals surface area (Å²) in [6, 6.07) is 5.64. The minimum atomic E-state index is -1.53. The number of aliphatic hydroxyl groups excluding tert-OH is 2. The Bertz CT molecular complexity index is 373. The zero-order chi connectivity index (χ0) is 10.7. The third-order valence-electron chi connectivity index (χ3n) is 2.06. The summed E-state index contributed by atoms with van der Waals surface area (Å²) in [4.78, 5) is 0. The van der Waals surface area contributed by atoms with Crippen LogP contribution >= 0.6 is 0 Å². The predicted molar refractivity (Wildman–Crippen MR) is 47.7 cm³/mol. The van der Waals surface area contributed by atoms with Gasteiger partial charge in [0, 0.05) is 0 Å². The highest BCUT2D eigenvalue weighted by Gasteiger charge is 2.20. The Morgan fingerprint density at radius 3 is 2.64 bits per heavy atom. The molecule has 0 amide bonds. The second kappa shape index (κ2) is 4.18. The zero-order valence-corrected chi connectivity index (χ0v) is 7.61. The van der Waals surface area contributed by atoms with E-state index >= 15 is 0 Å². The molecule has 0 radical (unpaired) electrons. The van der Waals surface area contributed by atoms with Gasteiger partial charge < -0.3 is 10.2 Å². The van der Waals surface area contributed by atoms with Crippen molar-refractivity contribution < 1.29 is 14.6 Å². The van der Waals surface area contributed by atoms with Gasteiger partial charge in [-0.15, -0.1) is 0 Å². The van der Waals surface area contributed by atoms with Crippen molar-refractivity contribution in [3.05, 3.63) is 35.1 Å². The molecule has 1 aromatic carbocycles. The molecule has 0 aliphatic heterocycles. The topological polar surface area (TPSA) is 64.2 Å². The van der Waals surface area contributed by atoms with Gasteiger partial charge in [0.1, 0.15) is 11.9 Å². The largest absolute Gasteiger partial charge is 0.385 e. The number of nitriles is 1. The van der Waals surface area contributed by atoms with Crippen LogP contribution in [0.25, 0.3) is 0 Å². The van der Waals surface area contributed by atoms with E-state index < -0.39 is 18.0 Å². The quantitative estimate of drug-likeness (QED) is 0.693. The van der Waals surface area contributed by atoms with Gasteiger partial charge in [0.05, 0.1) is 6.07 Å². The van der Waals surface area contributed by atoms with E-state index in [-0.39, 0.29) is 11.1 Å². The summed E-state index contributed by atoms with van der Waals surface area (Å²) in [6.45, 7) is 1.48. The van der Waals surface area contributed by atoms with Gasteiger partial charge in [0.15, 0.2) is 6.10 Å². The summed E-state index contributed by atoms with van der Waals surface area (Å²) < 4.78 is 13.0. The second-order valence-corrected chi connectivity index (χ2v) is 2.97. The Morgan fingerprint density at radius 1 is 1.43 bits per heavy atom. The summed E-state index contributed by atoms with van der Waals surface area (Å²) in [5.41, 5.74) is 0.480.